The van der Waals surface area contributed by atoms with Gasteiger partial charge in [-0.05, 0) is 56.4 Å². The number of nitrogens with one attached hydrogen (secondary N) is 2. The molecule has 0 unspecified atom stereocenters. The van der Waals surface area contributed by atoms with Crippen LogP contribution in [0.4, 0.5) is 0 Å². The third-order valence-corrected chi connectivity index (χ3v) is 9.71. The van der Waals surface area contributed by atoms with E-state index in [1.165, 1.54) is 21.5 Å². The van der Waals surface area contributed by atoms with Gasteiger partial charge < -0.3 is 30.0 Å². The fraction of sp³-hybridized carbons (Fsp3) is 0.317. The molecule has 14 heteroatoms. The van der Waals surface area contributed by atoms with Gasteiger partial charge in [-0.15, -0.1) is 0 Å². The van der Waals surface area contributed by atoms with Crippen molar-refractivity contribution in [3.05, 3.63) is 104 Å². The molecule has 0 aliphatic heterocycles. The molecule has 0 saturated carbocycles. The van der Waals surface area contributed by atoms with Gasteiger partial charge in [0.1, 0.15) is 0 Å². The van der Waals surface area contributed by atoms with Crippen LogP contribution in [-0.4, -0.2) is 93.0 Å². The quantitative estimate of drug-likeness (QED) is 0.0962. The number of hydrogen-bond donors (Lipinski definition) is 4. The molecule has 0 aliphatic carbocycles. The Morgan fingerprint density at radius 3 is 1.47 bits per heavy atom. The second kappa shape index (κ2) is 16.9. The van der Waals surface area contributed by atoms with Crippen LogP contribution in [0.1, 0.15) is 51.1 Å². The number of amides is 2. The van der Waals surface area contributed by atoms with E-state index in [1.807, 2.05) is 50.2 Å². The van der Waals surface area contributed by atoms with E-state index in [9.17, 15) is 29.4 Å². The molecule has 0 spiro atoms. The Hall–Kier alpha value is -6.12. The zero-order valence-electron chi connectivity index (χ0n) is 31.3. The molecular formula is C41H44N8O6. The molecule has 14 nitrogen and oxygen atoms in total. The van der Waals surface area contributed by atoms with Crippen molar-refractivity contribution in [3.8, 4) is 0 Å². The lowest BCUT2D eigenvalue weighted by atomic mass is 10.1. The number of aliphatic imine (C=N–C) groups is 2. The van der Waals surface area contributed by atoms with Gasteiger partial charge in [-0.25, -0.2) is 9.97 Å². The van der Waals surface area contributed by atoms with Crippen LogP contribution < -0.4 is 21.8 Å². The summed E-state index contributed by atoms with van der Waals surface area (Å²) in [6, 6.07) is 14.9. The molecule has 0 saturated heterocycles. The Bertz CT molecular complexity index is 2460. The summed E-state index contributed by atoms with van der Waals surface area (Å²) in [5.41, 5.74) is 5.02. The summed E-state index contributed by atoms with van der Waals surface area (Å²) >= 11 is 0. The SMILES string of the molecule is CN=C(CCCC(Cn1cc(C(=O)NCCO)c2nc3c(C)cccc3cc2c1=O)=NC)Cn1cc(C(=O)NCCO)c2nc3c(C)cccc3cc2c1=O. The molecule has 6 rings (SSSR count). The average Bonchev–Trinajstić information content (AvgIpc) is 3.19. The highest BCUT2D eigenvalue weighted by Gasteiger charge is 2.20. The third kappa shape index (κ3) is 8.05. The van der Waals surface area contributed by atoms with E-state index in [-0.39, 0.29) is 72.7 Å². The summed E-state index contributed by atoms with van der Waals surface area (Å²) in [5.74, 6) is -0.909. The molecule has 0 radical (unpaired) electrons. The number of aromatic nitrogens is 4. The number of fused-ring (bicyclic) bond motifs is 4. The fourth-order valence-electron chi connectivity index (χ4n) is 6.80. The van der Waals surface area contributed by atoms with Crippen LogP contribution >= 0.6 is 0 Å². The second-order valence-corrected chi connectivity index (χ2v) is 13.4. The lowest BCUT2D eigenvalue weighted by Crippen LogP contribution is -2.31. The van der Waals surface area contributed by atoms with E-state index in [1.54, 1.807) is 26.2 Å². The van der Waals surface area contributed by atoms with E-state index in [2.05, 4.69) is 20.6 Å². The Morgan fingerprint density at radius 1 is 0.673 bits per heavy atom. The normalized spacial score (nSPS) is 12.3. The molecule has 0 atom stereocenters. The topological polar surface area (TPSA) is 193 Å². The fourth-order valence-corrected chi connectivity index (χ4v) is 6.80. The predicted molar refractivity (Wildman–Crippen MR) is 216 cm³/mol. The molecule has 2 aromatic carbocycles. The molecule has 0 bridgehead atoms. The number of para-hydroxylation sites is 2. The van der Waals surface area contributed by atoms with Crippen molar-refractivity contribution in [3.63, 3.8) is 0 Å². The van der Waals surface area contributed by atoms with Crippen LogP contribution in [-0.2, 0) is 13.1 Å². The molecule has 4 heterocycles. The molecule has 0 aliphatic rings. The predicted octanol–water partition coefficient (Wildman–Crippen LogP) is 3.49. The molecule has 4 N–H and O–H groups in total. The van der Waals surface area contributed by atoms with E-state index in [0.717, 1.165) is 21.9 Å². The summed E-state index contributed by atoms with van der Waals surface area (Å²) in [6.07, 6.45) is 4.58. The Balaban J connectivity index is 1.25. The zero-order valence-corrected chi connectivity index (χ0v) is 31.3. The largest absolute Gasteiger partial charge is 0.395 e. The van der Waals surface area contributed by atoms with Gasteiger partial charge in [-0.2, -0.15) is 0 Å². The minimum atomic E-state index is -0.455. The first-order valence-corrected chi connectivity index (χ1v) is 18.1. The molecule has 6 aromatic rings. The summed E-state index contributed by atoms with van der Waals surface area (Å²) in [7, 11) is 3.31. The Labute approximate surface area is 316 Å². The van der Waals surface area contributed by atoms with Crippen LogP contribution in [0.2, 0.25) is 0 Å². The number of nitrogens with zero attached hydrogens (tertiary/aromatic N) is 6. The van der Waals surface area contributed by atoms with Crippen molar-refractivity contribution in [2.45, 2.75) is 46.2 Å². The van der Waals surface area contributed by atoms with Gasteiger partial charge in [0, 0.05) is 61.8 Å². The number of aliphatic hydroxyl groups is 2. The van der Waals surface area contributed by atoms with Crippen molar-refractivity contribution in [1.29, 1.82) is 0 Å². The number of aryl methyl sites for hydroxylation is 2. The lowest BCUT2D eigenvalue weighted by Gasteiger charge is -2.15. The second-order valence-electron chi connectivity index (χ2n) is 13.4. The monoisotopic (exact) mass is 744 g/mol. The highest BCUT2D eigenvalue weighted by molar-refractivity contribution is 6.09. The summed E-state index contributed by atoms with van der Waals surface area (Å²) < 4.78 is 2.93. The van der Waals surface area contributed by atoms with E-state index >= 15 is 0 Å². The number of carbonyl (C=O) groups is 2. The van der Waals surface area contributed by atoms with Crippen molar-refractivity contribution in [2.75, 3.05) is 40.4 Å². The van der Waals surface area contributed by atoms with Crippen molar-refractivity contribution < 1.29 is 19.8 Å². The first-order valence-electron chi connectivity index (χ1n) is 18.1. The van der Waals surface area contributed by atoms with Gasteiger partial charge in [-0.1, -0.05) is 36.4 Å². The average molecular weight is 745 g/mol. The summed E-state index contributed by atoms with van der Waals surface area (Å²) in [5, 5.41) is 26.2. The molecule has 284 valence electrons. The van der Waals surface area contributed by atoms with Gasteiger partial charge in [0.15, 0.2) is 0 Å². The Morgan fingerprint density at radius 2 is 1.09 bits per heavy atom. The standard InChI is InChI=1S/C41H44N8O6/c1-24-8-5-10-26-18-30-36(46-34(24)26)32(38(52)44-14-16-50)22-48(40(30)54)20-28(42-3)12-7-13-29(43-4)21-49-23-33(39(53)45-15-17-51)37-31(41(49)55)19-27-11-6-9-25(2)35(27)47-37/h5-6,8-11,18-19,22-23,50-51H,7,12-17,20-21H2,1-4H3,(H,44,52)(H,45,53). The summed E-state index contributed by atoms with van der Waals surface area (Å²) in [4.78, 5) is 72.8. The van der Waals surface area contributed by atoms with Crippen LogP contribution in [0, 0.1) is 13.8 Å². The maximum Gasteiger partial charge on any atom is 0.260 e. The van der Waals surface area contributed by atoms with Gasteiger partial charge in [0.05, 0.1) is 70.3 Å². The highest BCUT2D eigenvalue weighted by atomic mass is 16.3. The number of hydrogen-bond acceptors (Lipinski definition) is 10. The first-order chi connectivity index (χ1) is 26.6. The maximum atomic E-state index is 13.9. The first kappa shape index (κ1) is 38.6. The number of carbonyl (C=O) groups excluding carboxylic acids is 2. The maximum absolute atomic E-state index is 13.9. The Kier molecular flexibility index (Phi) is 11.9. The molecule has 55 heavy (non-hydrogen) atoms. The molecular weight excluding hydrogens is 701 g/mol. The van der Waals surface area contributed by atoms with Crippen molar-refractivity contribution >= 4 is 66.8 Å². The smallest absolute Gasteiger partial charge is 0.260 e. The zero-order chi connectivity index (χ0) is 39.2. The van der Waals surface area contributed by atoms with E-state index < -0.39 is 11.8 Å². The van der Waals surface area contributed by atoms with Gasteiger partial charge in [-0.3, -0.25) is 29.2 Å². The van der Waals surface area contributed by atoms with Crippen LogP contribution in [0.5, 0.6) is 0 Å². The van der Waals surface area contributed by atoms with Crippen LogP contribution in [0.3, 0.4) is 0 Å². The third-order valence-electron chi connectivity index (χ3n) is 9.71. The van der Waals surface area contributed by atoms with Crippen molar-refractivity contribution in [1.82, 2.24) is 29.7 Å². The lowest BCUT2D eigenvalue weighted by molar-refractivity contribution is 0.0938. The van der Waals surface area contributed by atoms with Gasteiger partial charge in [0.2, 0.25) is 0 Å². The highest BCUT2D eigenvalue weighted by Crippen LogP contribution is 2.24. The van der Waals surface area contributed by atoms with Crippen LogP contribution in [0.15, 0.2) is 80.5 Å². The minimum Gasteiger partial charge on any atom is -0.395 e. The van der Waals surface area contributed by atoms with Gasteiger partial charge >= 0.3 is 0 Å². The van der Waals surface area contributed by atoms with E-state index in [0.29, 0.717) is 52.5 Å². The number of benzene rings is 2. The van der Waals surface area contributed by atoms with E-state index in [4.69, 9.17) is 9.97 Å². The molecule has 0 fully saturated rings. The van der Waals surface area contributed by atoms with Gasteiger partial charge in [0.25, 0.3) is 22.9 Å². The minimum absolute atomic E-state index is 0.0477. The molecule has 2 amide bonds. The van der Waals surface area contributed by atoms with Crippen molar-refractivity contribution in [2.24, 2.45) is 9.98 Å². The van der Waals surface area contributed by atoms with Crippen LogP contribution in [0.25, 0.3) is 43.6 Å². The number of rotatable bonds is 14. The number of aliphatic hydroxyl groups excluding tert-OH is 2. The number of pyridine rings is 4. The summed E-state index contributed by atoms with van der Waals surface area (Å²) in [6.45, 7) is 3.72. The molecule has 4 aromatic heterocycles.